The van der Waals surface area contributed by atoms with Crippen molar-refractivity contribution in [2.75, 3.05) is 20.2 Å². The predicted octanol–water partition coefficient (Wildman–Crippen LogP) is 2.04. The van der Waals surface area contributed by atoms with Crippen LogP contribution in [0.1, 0.15) is 80.2 Å². The zero-order chi connectivity index (χ0) is 21.5. The lowest BCUT2D eigenvalue weighted by molar-refractivity contribution is -0.149. The lowest BCUT2D eigenvalue weighted by atomic mass is 9.84. The molecule has 2 fully saturated rings. The fourth-order valence-corrected chi connectivity index (χ4v) is 4.30. The number of ether oxygens (including phenoxy) is 1. The van der Waals surface area contributed by atoms with Crippen molar-refractivity contribution < 1.29 is 28.9 Å². The van der Waals surface area contributed by atoms with E-state index in [0.717, 1.165) is 18.8 Å². The first-order valence-corrected chi connectivity index (χ1v) is 10.7. The van der Waals surface area contributed by atoms with Gasteiger partial charge in [0.2, 0.25) is 11.8 Å². The van der Waals surface area contributed by atoms with E-state index in [1.54, 1.807) is 5.48 Å². The van der Waals surface area contributed by atoms with Gasteiger partial charge in [0.25, 0.3) is 11.7 Å². The summed E-state index contributed by atoms with van der Waals surface area (Å²) in [5.41, 5.74) is 1.64. The molecule has 2 amide bonds. The van der Waals surface area contributed by atoms with Gasteiger partial charge in [-0.05, 0) is 12.3 Å². The van der Waals surface area contributed by atoms with E-state index < -0.39 is 11.8 Å². The van der Waals surface area contributed by atoms with Gasteiger partial charge in [0, 0.05) is 25.4 Å². The predicted molar refractivity (Wildman–Crippen MR) is 103 cm³/mol. The molecule has 10 heteroatoms. The Kier molecular flexibility index (Phi) is 7.78. The van der Waals surface area contributed by atoms with Gasteiger partial charge in [-0.2, -0.15) is 4.98 Å². The topological polar surface area (TPSA) is 135 Å². The van der Waals surface area contributed by atoms with Crippen LogP contribution in [0.25, 0.3) is 0 Å². The van der Waals surface area contributed by atoms with Crippen LogP contribution in [-0.2, 0) is 14.3 Å². The summed E-state index contributed by atoms with van der Waals surface area (Å²) >= 11 is 0. The van der Waals surface area contributed by atoms with Crippen molar-refractivity contribution in [3.8, 4) is 0 Å². The van der Waals surface area contributed by atoms with Crippen LogP contribution < -0.4 is 5.48 Å². The molecule has 1 saturated heterocycles. The van der Waals surface area contributed by atoms with E-state index in [1.807, 2.05) is 0 Å². The maximum absolute atomic E-state index is 12.5. The van der Waals surface area contributed by atoms with E-state index >= 15 is 0 Å². The number of hydrogen-bond donors (Lipinski definition) is 2. The van der Waals surface area contributed by atoms with Crippen LogP contribution in [0.5, 0.6) is 0 Å². The van der Waals surface area contributed by atoms with Gasteiger partial charge in [0.15, 0.2) is 0 Å². The molecule has 1 atom stereocenters. The second-order valence-electron chi connectivity index (χ2n) is 8.26. The minimum Gasteiger partial charge on any atom is -0.469 e. The molecular weight excluding hydrogens is 392 g/mol. The van der Waals surface area contributed by atoms with E-state index in [9.17, 15) is 14.4 Å². The average molecular weight is 422 g/mol. The molecule has 2 heterocycles. The third kappa shape index (κ3) is 5.56. The largest absolute Gasteiger partial charge is 0.469 e. The molecule has 1 unspecified atom stereocenters. The van der Waals surface area contributed by atoms with Gasteiger partial charge >= 0.3 is 5.97 Å². The minimum absolute atomic E-state index is 0.00508. The van der Waals surface area contributed by atoms with E-state index in [0.29, 0.717) is 6.42 Å². The maximum Gasteiger partial charge on any atom is 0.312 e. The van der Waals surface area contributed by atoms with Gasteiger partial charge in [-0.3, -0.25) is 19.6 Å². The molecule has 1 aromatic rings. The van der Waals surface area contributed by atoms with Crippen molar-refractivity contribution in [3.63, 3.8) is 0 Å². The number of aromatic nitrogens is 2. The number of amides is 2. The number of hydrogen-bond acceptors (Lipinski definition) is 8. The Balaban J connectivity index is 1.57. The number of carbonyl (C=O) groups is 3. The van der Waals surface area contributed by atoms with Gasteiger partial charge in [-0.25, -0.2) is 5.48 Å². The van der Waals surface area contributed by atoms with Crippen molar-refractivity contribution >= 4 is 17.8 Å². The van der Waals surface area contributed by atoms with Crippen LogP contribution in [-0.4, -0.2) is 58.2 Å². The van der Waals surface area contributed by atoms with Crippen LogP contribution >= 0.6 is 0 Å². The summed E-state index contributed by atoms with van der Waals surface area (Å²) in [5.74, 6) is -1.14. The van der Waals surface area contributed by atoms with Crippen molar-refractivity contribution in [1.82, 2.24) is 20.5 Å². The zero-order valence-electron chi connectivity index (χ0n) is 17.3. The molecule has 10 nitrogen and oxygen atoms in total. The molecule has 0 spiro atoms. The molecule has 3 rings (SSSR count). The van der Waals surface area contributed by atoms with Gasteiger partial charge in [-0.1, -0.05) is 50.1 Å². The monoisotopic (exact) mass is 422 g/mol. The molecule has 1 aromatic heterocycles. The Labute approximate surface area is 175 Å². The first-order chi connectivity index (χ1) is 14.5. The van der Waals surface area contributed by atoms with Crippen LogP contribution in [0.3, 0.4) is 0 Å². The van der Waals surface area contributed by atoms with E-state index in [-0.39, 0.29) is 49.0 Å². The third-order valence-electron chi connectivity index (χ3n) is 6.13. The fourth-order valence-electron chi connectivity index (χ4n) is 4.30. The quantitative estimate of drug-likeness (QED) is 0.351. The van der Waals surface area contributed by atoms with Gasteiger partial charge in [0.05, 0.1) is 13.0 Å². The van der Waals surface area contributed by atoms with Gasteiger partial charge in [-0.15, -0.1) is 0 Å². The molecule has 0 bridgehead atoms. The Morgan fingerprint density at radius 2 is 2.00 bits per heavy atom. The first-order valence-electron chi connectivity index (χ1n) is 10.7. The smallest absolute Gasteiger partial charge is 0.312 e. The molecule has 2 N–H and O–H groups in total. The number of carbonyl (C=O) groups excluding carboxylic acids is 3. The first kappa shape index (κ1) is 22.2. The highest BCUT2D eigenvalue weighted by Crippen LogP contribution is 2.31. The van der Waals surface area contributed by atoms with E-state index in [1.165, 1.54) is 44.1 Å². The lowest BCUT2D eigenvalue weighted by Crippen LogP contribution is -2.53. The number of nitrogens with one attached hydrogen (secondary N) is 1. The highest BCUT2D eigenvalue weighted by molar-refractivity contribution is 5.92. The molecule has 0 aromatic carbocycles. The number of hydroxylamine groups is 1. The Morgan fingerprint density at radius 3 is 2.67 bits per heavy atom. The molecule has 1 saturated carbocycles. The standard InChI is InChI=1S/C20H30N4O6/c1-29-20(27)15-11-24(12-15)19(26)17-21-18(30-23-17)14(10-16(25)22-28)9-5-8-13-6-3-2-4-7-13/h13-15,28H,2-12H2,1H3,(H,22,25). The average Bonchev–Trinajstić information content (AvgIpc) is 3.22. The van der Waals surface area contributed by atoms with Crippen molar-refractivity contribution in [1.29, 1.82) is 0 Å². The normalized spacial score (nSPS) is 18.5. The summed E-state index contributed by atoms with van der Waals surface area (Å²) in [4.78, 5) is 41.3. The maximum atomic E-state index is 12.5. The highest BCUT2D eigenvalue weighted by atomic mass is 16.5. The second-order valence-corrected chi connectivity index (χ2v) is 8.26. The Morgan fingerprint density at radius 1 is 1.27 bits per heavy atom. The van der Waals surface area contributed by atoms with Crippen LogP contribution in [0.15, 0.2) is 4.52 Å². The molecule has 1 aliphatic carbocycles. The zero-order valence-corrected chi connectivity index (χ0v) is 17.3. The Bertz CT molecular complexity index is 739. The number of likely N-dealkylation sites (tertiary alicyclic amines) is 1. The molecule has 0 radical (unpaired) electrons. The number of esters is 1. The SMILES string of the molecule is COC(=O)C1CN(C(=O)c2noc(C(CCCC3CCCCC3)CC(=O)NO)n2)C1. The van der Waals surface area contributed by atoms with Crippen molar-refractivity contribution in [2.45, 2.75) is 63.7 Å². The summed E-state index contributed by atoms with van der Waals surface area (Å²) in [5, 5.41) is 12.7. The fraction of sp³-hybridized carbons (Fsp3) is 0.750. The summed E-state index contributed by atoms with van der Waals surface area (Å²) in [6.07, 6.45) is 9.04. The van der Waals surface area contributed by atoms with Gasteiger partial charge in [0.1, 0.15) is 0 Å². The van der Waals surface area contributed by atoms with Crippen LogP contribution in [0, 0.1) is 11.8 Å². The van der Waals surface area contributed by atoms with Crippen molar-refractivity contribution in [2.24, 2.45) is 11.8 Å². The third-order valence-corrected chi connectivity index (χ3v) is 6.13. The van der Waals surface area contributed by atoms with Crippen molar-refractivity contribution in [3.05, 3.63) is 11.7 Å². The molecule has 2 aliphatic rings. The lowest BCUT2D eigenvalue weighted by Gasteiger charge is -2.36. The molecule has 1 aliphatic heterocycles. The van der Waals surface area contributed by atoms with Crippen LogP contribution in [0.4, 0.5) is 0 Å². The molecular formula is C20H30N4O6. The molecule has 30 heavy (non-hydrogen) atoms. The Hall–Kier alpha value is -2.49. The second kappa shape index (κ2) is 10.5. The minimum atomic E-state index is -0.535. The number of rotatable bonds is 9. The summed E-state index contributed by atoms with van der Waals surface area (Å²) in [7, 11) is 1.31. The molecule has 166 valence electrons. The highest BCUT2D eigenvalue weighted by Gasteiger charge is 2.38. The number of methoxy groups -OCH3 is 1. The summed E-state index contributed by atoms with van der Waals surface area (Å²) < 4.78 is 9.96. The number of nitrogens with zero attached hydrogens (tertiary/aromatic N) is 3. The van der Waals surface area contributed by atoms with E-state index in [2.05, 4.69) is 14.9 Å². The van der Waals surface area contributed by atoms with E-state index in [4.69, 9.17) is 9.73 Å². The summed E-state index contributed by atoms with van der Waals surface area (Å²) in [6, 6.07) is 0. The van der Waals surface area contributed by atoms with Crippen LogP contribution in [0.2, 0.25) is 0 Å². The summed E-state index contributed by atoms with van der Waals surface area (Å²) in [6.45, 7) is 0.514. The van der Waals surface area contributed by atoms with Gasteiger partial charge < -0.3 is 14.2 Å².